The van der Waals surface area contributed by atoms with Crippen molar-refractivity contribution in [3.63, 3.8) is 0 Å². The smallest absolute Gasteiger partial charge is 0.122 e. The van der Waals surface area contributed by atoms with Gasteiger partial charge in [-0.15, -0.1) is 0 Å². The Morgan fingerprint density at radius 3 is 2.45 bits per heavy atom. The summed E-state index contributed by atoms with van der Waals surface area (Å²) in [4.78, 5) is 9.40. The van der Waals surface area contributed by atoms with Gasteiger partial charge in [-0.05, 0) is 5.56 Å². The van der Waals surface area contributed by atoms with Crippen LogP contribution in [0, 0.1) is 0 Å². The van der Waals surface area contributed by atoms with E-state index in [0.717, 1.165) is 45.1 Å². The quantitative estimate of drug-likeness (QED) is 0.846. The van der Waals surface area contributed by atoms with Gasteiger partial charge in [0.25, 0.3) is 0 Å². The molecule has 0 bridgehead atoms. The predicted octanol–water partition coefficient (Wildman–Crippen LogP) is 2.25. The lowest BCUT2D eigenvalue weighted by atomic mass is 10.2. The molecule has 1 aromatic carbocycles. The van der Waals surface area contributed by atoms with Gasteiger partial charge in [-0.1, -0.05) is 42.5 Å². The zero-order chi connectivity index (χ0) is 15.2. The molecular formula is C18H24N4. The van der Waals surface area contributed by atoms with Gasteiger partial charge in [-0.25, -0.2) is 4.98 Å². The zero-order valence-electron chi connectivity index (χ0n) is 13.2. The van der Waals surface area contributed by atoms with Gasteiger partial charge < -0.3 is 4.57 Å². The summed E-state index contributed by atoms with van der Waals surface area (Å²) in [5, 5.41) is 0. The fourth-order valence-corrected chi connectivity index (χ4v) is 2.78. The number of imidazole rings is 1. The van der Waals surface area contributed by atoms with Crippen molar-refractivity contribution < 1.29 is 0 Å². The van der Waals surface area contributed by atoms with E-state index in [1.807, 2.05) is 12.4 Å². The van der Waals surface area contributed by atoms with Gasteiger partial charge in [0.1, 0.15) is 5.82 Å². The second kappa shape index (κ2) is 7.38. The first-order chi connectivity index (χ1) is 10.8. The molecule has 2 aromatic rings. The highest BCUT2D eigenvalue weighted by atomic mass is 15.3. The van der Waals surface area contributed by atoms with Crippen molar-refractivity contribution in [3.05, 3.63) is 60.2 Å². The van der Waals surface area contributed by atoms with Crippen LogP contribution in [0.2, 0.25) is 0 Å². The van der Waals surface area contributed by atoms with Gasteiger partial charge in [0.05, 0.1) is 6.54 Å². The Kier molecular flexibility index (Phi) is 5.03. The fraction of sp³-hybridized carbons (Fsp3) is 0.389. The van der Waals surface area contributed by atoms with Crippen LogP contribution in [0.5, 0.6) is 0 Å². The summed E-state index contributed by atoms with van der Waals surface area (Å²) in [6.07, 6.45) is 8.37. The van der Waals surface area contributed by atoms with E-state index in [-0.39, 0.29) is 0 Å². The third-order valence-corrected chi connectivity index (χ3v) is 4.22. The minimum Gasteiger partial charge on any atom is -0.337 e. The van der Waals surface area contributed by atoms with Crippen LogP contribution in [0.1, 0.15) is 11.4 Å². The van der Waals surface area contributed by atoms with Crippen molar-refractivity contribution in [3.8, 4) is 0 Å². The van der Waals surface area contributed by atoms with Gasteiger partial charge in [-0.2, -0.15) is 0 Å². The fourth-order valence-electron chi connectivity index (χ4n) is 2.78. The van der Waals surface area contributed by atoms with E-state index in [2.05, 4.69) is 68.9 Å². The molecule has 2 heterocycles. The van der Waals surface area contributed by atoms with Gasteiger partial charge in [0.15, 0.2) is 0 Å². The van der Waals surface area contributed by atoms with Crippen LogP contribution in [0.25, 0.3) is 6.08 Å². The van der Waals surface area contributed by atoms with Gasteiger partial charge in [0.2, 0.25) is 0 Å². The molecule has 1 saturated heterocycles. The van der Waals surface area contributed by atoms with E-state index < -0.39 is 0 Å². The second-order valence-corrected chi connectivity index (χ2v) is 5.84. The first kappa shape index (κ1) is 15.0. The Labute approximate surface area is 132 Å². The molecule has 0 aliphatic carbocycles. The van der Waals surface area contributed by atoms with Crippen LogP contribution in [0.15, 0.2) is 48.8 Å². The SMILES string of the molecule is Cn1ccnc1CN1CCN(C/C=C/c2ccccc2)CC1. The largest absolute Gasteiger partial charge is 0.337 e. The van der Waals surface area contributed by atoms with Gasteiger partial charge in [-0.3, -0.25) is 9.80 Å². The third-order valence-electron chi connectivity index (χ3n) is 4.22. The maximum absolute atomic E-state index is 4.41. The summed E-state index contributed by atoms with van der Waals surface area (Å²) < 4.78 is 2.11. The Bertz CT molecular complexity index is 595. The first-order valence-corrected chi connectivity index (χ1v) is 7.94. The molecular weight excluding hydrogens is 272 g/mol. The average molecular weight is 296 g/mol. The summed E-state index contributed by atoms with van der Waals surface area (Å²) in [5.41, 5.74) is 1.27. The first-order valence-electron chi connectivity index (χ1n) is 7.94. The molecule has 1 aliphatic heterocycles. The summed E-state index contributed by atoms with van der Waals surface area (Å²) in [6.45, 7) is 6.48. The molecule has 0 saturated carbocycles. The Morgan fingerprint density at radius 2 is 1.77 bits per heavy atom. The summed E-state index contributed by atoms with van der Waals surface area (Å²) in [7, 11) is 2.06. The predicted molar refractivity (Wildman–Crippen MR) is 90.4 cm³/mol. The van der Waals surface area contributed by atoms with Crippen molar-refractivity contribution >= 4 is 6.08 Å². The highest BCUT2D eigenvalue weighted by Gasteiger charge is 2.17. The van der Waals surface area contributed by atoms with E-state index in [9.17, 15) is 0 Å². The summed E-state index contributed by atoms with van der Waals surface area (Å²) in [5.74, 6) is 1.15. The van der Waals surface area contributed by atoms with E-state index in [0.29, 0.717) is 0 Å². The van der Waals surface area contributed by atoms with Crippen molar-refractivity contribution in [1.29, 1.82) is 0 Å². The normalized spacial score (nSPS) is 17.3. The molecule has 1 fully saturated rings. The van der Waals surface area contributed by atoms with Gasteiger partial charge in [0, 0.05) is 52.2 Å². The highest BCUT2D eigenvalue weighted by Crippen LogP contribution is 2.07. The number of piperazine rings is 1. The van der Waals surface area contributed by atoms with E-state index in [1.54, 1.807) is 0 Å². The van der Waals surface area contributed by atoms with Crippen LogP contribution in [0.4, 0.5) is 0 Å². The number of hydrogen-bond acceptors (Lipinski definition) is 3. The minimum absolute atomic E-state index is 0.956. The molecule has 0 atom stereocenters. The Morgan fingerprint density at radius 1 is 1.05 bits per heavy atom. The standard InChI is InChI=1S/C18H24N4/c1-20-11-9-19-18(20)16-22-14-12-21(13-15-22)10-5-8-17-6-3-2-4-7-17/h2-9,11H,10,12-16H2,1H3/b8-5+. The molecule has 22 heavy (non-hydrogen) atoms. The van der Waals surface area contributed by atoms with Crippen molar-refractivity contribution in [2.75, 3.05) is 32.7 Å². The number of benzene rings is 1. The topological polar surface area (TPSA) is 24.3 Å². The lowest BCUT2D eigenvalue weighted by molar-refractivity contribution is 0.134. The van der Waals surface area contributed by atoms with Crippen LogP contribution in [0.3, 0.4) is 0 Å². The molecule has 4 nitrogen and oxygen atoms in total. The molecule has 116 valence electrons. The molecule has 1 aliphatic rings. The summed E-state index contributed by atoms with van der Waals surface area (Å²) >= 11 is 0. The highest BCUT2D eigenvalue weighted by molar-refractivity contribution is 5.48. The third kappa shape index (κ3) is 4.06. The molecule has 0 radical (unpaired) electrons. The number of aromatic nitrogens is 2. The van der Waals surface area contributed by atoms with E-state index in [4.69, 9.17) is 0 Å². The molecule has 0 unspecified atom stereocenters. The van der Waals surface area contributed by atoms with Crippen LogP contribution in [-0.2, 0) is 13.6 Å². The van der Waals surface area contributed by atoms with Gasteiger partial charge >= 0.3 is 0 Å². The zero-order valence-corrected chi connectivity index (χ0v) is 13.2. The Hall–Kier alpha value is -1.91. The number of aryl methyl sites for hydroxylation is 1. The number of hydrogen-bond donors (Lipinski definition) is 0. The summed E-state index contributed by atoms with van der Waals surface area (Å²) in [6, 6.07) is 10.5. The van der Waals surface area contributed by atoms with Crippen molar-refractivity contribution in [1.82, 2.24) is 19.4 Å². The van der Waals surface area contributed by atoms with Crippen LogP contribution in [-0.4, -0.2) is 52.1 Å². The lowest BCUT2D eigenvalue weighted by Gasteiger charge is -2.33. The van der Waals surface area contributed by atoms with Crippen molar-refractivity contribution in [2.45, 2.75) is 6.54 Å². The lowest BCUT2D eigenvalue weighted by Crippen LogP contribution is -2.46. The molecule has 3 rings (SSSR count). The Balaban J connectivity index is 1.42. The van der Waals surface area contributed by atoms with Crippen molar-refractivity contribution in [2.24, 2.45) is 7.05 Å². The minimum atomic E-state index is 0.956. The monoisotopic (exact) mass is 296 g/mol. The molecule has 1 aromatic heterocycles. The number of nitrogens with zero attached hydrogens (tertiary/aromatic N) is 4. The molecule has 0 amide bonds. The maximum atomic E-state index is 4.41. The maximum Gasteiger partial charge on any atom is 0.122 e. The second-order valence-electron chi connectivity index (χ2n) is 5.84. The van der Waals surface area contributed by atoms with Crippen LogP contribution < -0.4 is 0 Å². The average Bonchev–Trinajstić information content (AvgIpc) is 2.95. The van der Waals surface area contributed by atoms with E-state index >= 15 is 0 Å². The van der Waals surface area contributed by atoms with Crippen LogP contribution >= 0.6 is 0 Å². The molecule has 4 heteroatoms. The van der Waals surface area contributed by atoms with E-state index in [1.165, 1.54) is 5.56 Å². The molecule has 0 spiro atoms. The number of rotatable bonds is 5. The molecule has 0 N–H and O–H groups in total.